The van der Waals surface area contributed by atoms with Gasteiger partial charge in [0.25, 0.3) is 5.91 Å². The average molecular weight is 201 g/mol. The van der Waals surface area contributed by atoms with E-state index in [0.717, 1.165) is 5.69 Å². The van der Waals surface area contributed by atoms with E-state index < -0.39 is 5.91 Å². The van der Waals surface area contributed by atoms with Gasteiger partial charge in [0.2, 0.25) is 0 Å². The van der Waals surface area contributed by atoms with Crippen LogP contribution in [0.5, 0.6) is 0 Å². The van der Waals surface area contributed by atoms with Gasteiger partial charge in [-0.1, -0.05) is 24.3 Å². The molecule has 76 valence electrons. The number of hydrogen-bond donors (Lipinski definition) is 1. The molecule has 2 rings (SSSR count). The second-order valence-corrected chi connectivity index (χ2v) is 3.18. The van der Waals surface area contributed by atoms with Crippen LogP contribution >= 0.6 is 0 Å². The number of nitrogens with zero attached hydrogens (tertiary/aromatic N) is 2. The second kappa shape index (κ2) is 3.96. The minimum absolute atomic E-state index is 0.376. The predicted molar refractivity (Wildman–Crippen MR) is 59.3 cm³/mol. The molecular weight excluding hydrogens is 190 g/mol. The van der Waals surface area contributed by atoms with Gasteiger partial charge in [0.15, 0.2) is 0 Å². The maximum Gasteiger partial charge on any atom is 0.265 e. The SMILES string of the molecule is NC(=O)C1=NN(c2ccccc2)C=CC1. The number of para-hydroxylation sites is 1. The van der Waals surface area contributed by atoms with E-state index in [2.05, 4.69) is 5.10 Å². The Hall–Kier alpha value is -2.10. The molecule has 15 heavy (non-hydrogen) atoms. The molecule has 4 nitrogen and oxygen atoms in total. The number of allylic oxidation sites excluding steroid dienone is 1. The van der Waals surface area contributed by atoms with Crippen LogP contribution in [-0.2, 0) is 4.79 Å². The fraction of sp³-hybridized carbons (Fsp3) is 0.0909. The van der Waals surface area contributed by atoms with Crippen molar-refractivity contribution in [1.29, 1.82) is 0 Å². The Bertz CT molecular complexity index is 423. The molecule has 0 bridgehead atoms. The number of hydrazone groups is 1. The third-order valence-electron chi connectivity index (χ3n) is 2.09. The number of anilines is 1. The highest BCUT2D eigenvalue weighted by Crippen LogP contribution is 2.17. The number of primary amides is 1. The Kier molecular flexibility index (Phi) is 2.49. The van der Waals surface area contributed by atoms with Crippen LogP contribution in [-0.4, -0.2) is 11.6 Å². The summed E-state index contributed by atoms with van der Waals surface area (Å²) in [6.07, 6.45) is 4.18. The number of carbonyl (C=O) groups is 1. The minimum atomic E-state index is -0.472. The van der Waals surface area contributed by atoms with Gasteiger partial charge in [-0.3, -0.25) is 4.79 Å². The van der Waals surface area contributed by atoms with Gasteiger partial charge in [-0.2, -0.15) is 5.10 Å². The average Bonchev–Trinajstić information content (AvgIpc) is 2.30. The highest BCUT2D eigenvalue weighted by Gasteiger charge is 2.12. The van der Waals surface area contributed by atoms with Gasteiger partial charge >= 0.3 is 0 Å². The molecule has 0 radical (unpaired) electrons. The molecule has 1 aromatic rings. The summed E-state index contributed by atoms with van der Waals surface area (Å²) in [5.74, 6) is -0.472. The predicted octanol–water partition coefficient (Wildman–Crippen LogP) is 1.25. The van der Waals surface area contributed by atoms with Gasteiger partial charge in [-0.15, -0.1) is 0 Å². The Morgan fingerprint density at radius 3 is 2.73 bits per heavy atom. The van der Waals surface area contributed by atoms with Crippen LogP contribution in [0.25, 0.3) is 0 Å². The van der Waals surface area contributed by atoms with Crippen LogP contribution in [0.15, 0.2) is 47.7 Å². The van der Waals surface area contributed by atoms with Gasteiger partial charge in [0.1, 0.15) is 5.71 Å². The molecule has 2 N–H and O–H groups in total. The topological polar surface area (TPSA) is 58.7 Å². The largest absolute Gasteiger partial charge is 0.364 e. The van der Waals surface area contributed by atoms with E-state index in [-0.39, 0.29) is 0 Å². The molecule has 4 heteroatoms. The molecule has 0 unspecified atom stereocenters. The zero-order valence-corrected chi connectivity index (χ0v) is 8.13. The van der Waals surface area contributed by atoms with Crippen LogP contribution in [0, 0.1) is 0 Å². The standard InChI is InChI=1S/C11H11N3O/c12-11(15)10-7-4-8-14(13-10)9-5-2-1-3-6-9/h1-6,8H,7H2,(H2,12,15). The Morgan fingerprint density at radius 2 is 2.07 bits per heavy atom. The zero-order chi connectivity index (χ0) is 10.7. The van der Waals surface area contributed by atoms with Gasteiger partial charge in [0.05, 0.1) is 5.69 Å². The molecule has 1 aliphatic heterocycles. The van der Waals surface area contributed by atoms with Gasteiger partial charge in [-0.25, -0.2) is 5.01 Å². The lowest BCUT2D eigenvalue weighted by molar-refractivity contribution is -0.112. The summed E-state index contributed by atoms with van der Waals surface area (Å²) in [6, 6.07) is 9.58. The summed E-state index contributed by atoms with van der Waals surface area (Å²) in [4.78, 5) is 11.0. The van der Waals surface area contributed by atoms with E-state index in [4.69, 9.17) is 5.73 Å². The summed E-state index contributed by atoms with van der Waals surface area (Å²) < 4.78 is 0. The van der Waals surface area contributed by atoms with Crippen molar-refractivity contribution < 1.29 is 4.79 Å². The van der Waals surface area contributed by atoms with E-state index in [9.17, 15) is 4.79 Å². The number of hydrogen-bond acceptors (Lipinski definition) is 3. The first-order valence-electron chi connectivity index (χ1n) is 4.65. The lowest BCUT2D eigenvalue weighted by atomic mass is 10.2. The smallest absolute Gasteiger partial charge is 0.265 e. The Labute approximate surface area is 87.7 Å². The molecule has 1 aromatic carbocycles. The van der Waals surface area contributed by atoms with Crippen LogP contribution < -0.4 is 10.7 Å². The van der Waals surface area contributed by atoms with Crippen molar-refractivity contribution in [2.45, 2.75) is 6.42 Å². The lowest BCUT2D eigenvalue weighted by Crippen LogP contribution is -2.28. The van der Waals surface area contributed by atoms with Crippen molar-refractivity contribution in [2.24, 2.45) is 10.8 Å². The molecular formula is C11H11N3O. The Morgan fingerprint density at radius 1 is 1.33 bits per heavy atom. The summed E-state index contributed by atoms with van der Waals surface area (Å²) in [7, 11) is 0. The molecule has 1 amide bonds. The van der Waals surface area contributed by atoms with Crippen molar-refractivity contribution in [3.05, 3.63) is 42.6 Å². The molecule has 0 fully saturated rings. The quantitative estimate of drug-likeness (QED) is 0.782. The maximum atomic E-state index is 11.0. The van der Waals surface area contributed by atoms with Gasteiger partial charge < -0.3 is 5.73 Å². The molecule has 0 aromatic heterocycles. The van der Waals surface area contributed by atoms with E-state index in [1.807, 2.05) is 42.6 Å². The number of benzene rings is 1. The minimum Gasteiger partial charge on any atom is -0.364 e. The van der Waals surface area contributed by atoms with E-state index >= 15 is 0 Å². The third-order valence-corrected chi connectivity index (χ3v) is 2.09. The van der Waals surface area contributed by atoms with Gasteiger partial charge in [-0.05, 0) is 12.1 Å². The monoisotopic (exact) mass is 201 g/mol. The van der Waals surface area contributed by atoms with Crippen molar-refractivity contribution >= 4 is 17.3 Å². The summed E-state index contributed by atoms with van der Waals surface area (Å²) in [5.41, 5.74) is 6.46. The number of carbonyl (C=O) groups excluding carboxylic acids is 1. The molecule has 0 aliphatic carbocycles. The van der Waals surface area contributed by atoms with E-state index in [1.54, 1.807) is 5.01 Å². The molecule has 0 spiro atoms. The summed E-state index contributed by atoms with van der Waals surface area (Å²) >= 11 is 0. The number of amides is 1. The van der Waals surface area contributed by atoms with Crippen LogP contribution in [0.2, 0.25) is 0 Å². The third kappa shape index (κ3) is 2.04. The lowest BCUT2D eigenvalue weighted by Gasteiger charge is -2.18. The van der Waals surface area contributed by atoms with Crippen LogP contribution in [0.3, 0.4) is 0 Å². The first kappa shape index (κ1) is 9.45. The highest BCUT2D eigenvalue weighted by atomic mass is 16.1. The van der Waals surface area contributed by atoms with Crippen molar-refractivity contribution in [3.63, 3.8) is 0 Å². The molecule has 1 aliphatic rings. The van der Waals surface area contributed by atoms with E-state index in [1.165, 1.54) is 0 Å². The molecule has 0 atom stereocenters. The summed E-state index contributed by atoms with van der Waals surface area (Å²) in [6.45, 7) is 0. The number of rotatable bonds is 2. The number of nitrogens with two attached hydrogens (primary N) is 1. The molecule has 1 heterocycles. The fourth-order valence-electron chi connectivity index (χ4n) is 1.34. The van der Waals surface area contributed by atoms with Crippen molar-refractivity contribution in [3.8, 4) is 0 Å². The Balaban J connectivity index is 2.28. The normalized spacial score (nSPS) is 14.9. The second-order valence-electron chi connectivity index (χ2n) is 3.18. The first-order valence-corrected chi connectivity index (χ1v) is 4.65. The molecule has 0 saturated heterocycles. The van der Waals surface area contributed by atoms with Gasteiger partial charge in [0, 0.05) is 12.6 Å². The van der Waals surface area contributed by atoms with Crippen molar-refractivity contribution in [1.82, 2.24) is 0 Å². The maximum absolute atomic E-state index is 11.0. The summed E-state index contributed by atoms with van der Waals surface area (Å²) in [5, 5.41) is 5.78. The van der Waals surface area contributed by atoms with E-state index in [0.29, 0.717) is 12.1 Å². The van der Waals surface area contributed by atoms with Crippen LogP contribution in [0.1, 0.15) is 6.42 Å². The fourth-order valence-corrected chi connectivity index (χ4v) is 1.34. The van der Waals surface area contributed by atoms with Crippen LogP contribution in [0.4, 0.5) is 5.69 Å². The molecule has 0 saturated carbocycles. The van der Waals surface area contributed by atoms with Crippen molar-refractivity contribution in [2.75, 3.05) is 5.01 Å². The first-order chi connectivity index (χ1) is 7.27. The highest BCUT2D eigenvalue weighted by molar-refractivity contribution is 6.39. The zero-order valence-electron chi connectivity index (χ0n) is 8.13.